The summed E-state index contributed by atoms with van der Waals surface area (Å²) in [5.41, 5.74) is 2.07. The molecule has 2 heterocycles. The molecule has 6 nitrogen and oxygen atoms in total. The van der Waals surface area contributed by atoms with E-state index in [0.717, 1.165) is 31.5 Å². The first-order valence-corrected chi connectivity index (χ1v) is 9.71. The van der Waals surface area contributed by atoms with Crippen molar-refractivity contribution < 1.29 is 13.2 Å². The third-order valence-electron chi connectivity index (χ3n) is 4.52. The molecule has 2 fully saturated rings. The highest BCUT2D eigenvalue weighted by Crippen LogP contribution is 2.26. The van der Waals surface area contributed by atoms with Gasteiger partial charge in [-0.25, -0.2) is 8.42 Å². The maximum atomic E-state index is 12.4. The van der Waals surface area contributed by atoms with E-state index in [2.05, 4.69) is 10.6 Å². The van der Waals surface area contributed by atoms with Crippen LogP contribution in [0.5, 0.6) is 0 Å². The van der Waals surface area contributed by atoms with Gasteiger partial charge in [0.2, 0.25) is 10.0 Å². The summed E-state index contributed by atoms with van der Waals surface area (Å²) < 4.78 is 25.4. The monoisotopic (exact) mass is 373 g/mol. The molecule has 0 radical (unpaired) electrons. The molecular formula is C16H24ClN3O3S. The minimum atomic E-state index is -3.19. The van der Waals surface area contributed by atoms with Crippen molar-refractivity contribution in [2.45, 2.75) is 32.2 Å². The molecule has 24 heavy (non-hydrogen) atoms. The number of nitrogens with zero attached hydrogens (tertiary/aromatic N) is 1. The maximum Gasteiger partial charge on any atom is 0.251 e. The number of rotatable bonds is 3. The fourth-order valence-electron chi connectivity index (χ4n) is 3.22. The number of amides is 1. The fourth-order valence-corrected chi connectivity index (χ4v) is 4.77. The number of anilines is 1. The maximum absolute atomic E-state index is 12.4. The molecule has 0 unspecified atom stereocenters. The van der Waals surface area contributed by atoms with Crippen molar-refractivity contribution in [3.63, 3.8) is 0 Å². The molecule has 2 saturated heterocycles. The number of benzene rings is 1. The molecule has 2 N–H and O–H groups in total. The van der Waals surface area contributed by atoms with Gasteiger partial charge < -0.3 is 10.6 Å². The predicted molar refractivity (Wildman–Crippen MR) is 97.5 cm³/mol. The lowest BCUT2D eigenvalue weighted by atomic mass is 10.0. The van der Waals surface area contributed by atoms with Gasteiger partial charge in [-0.1, -0.05) is 0 Å². The molecule has 1 amide bonds. The lowest BCUT2D eigenvalue weighted by Gasteiger charge is -2.24. The molecule has 3 rings (SSSR count). The largest absolute Gasteiger partial charge is 0.349 e. The summed E-state index contributed by atoms with van der Waals surface area (Å²) >= 11 is 0. The number of hydrogen-bond donors (Lipinski definition) is 2. The van der Waals surface area contributed by atoms with Crippen LogP contribution in [0.3, 0.4) is 0 Å². The Balaban J connectivity index is 0.00000208. The van der Waals surface area contributed by atoms with Gasteiger partial charge in [-0.15, -0.1) is 12.4 Å². The predicted octanol–water partition coefficient (Wildman–Crippen LogP) is 1.44. The molecule has 0 atom stereocenters. The Hall–Kier alpha value is -1.31. The zero-order valence-electron chi connectivity index (χ0n) is 13.7. The number of piperidine rings is 1. The van der Waals surface area contributed by atoms with Crippen LogP contribution in [0.25, 0.3) is 0 Å². The molecule has 2 aliphatic rings. The minimum Gasteiger partial charge on any atom is -0.349 e. The van der Waals surface area contributed by atoms with Crippen molar-refractivity contribution in [1.82, 2.24) is 10.6 Å². The number of halogens is 1. The lowest BCUT2D eigenvalue weighted by molar-refractivity contribution is 0.0929. The van der Waals surface area contributed by atoms with Gasteiger partial charge in [-0.2, -0.15) is 0 Å². The highest BCUT2D eigenvalue weighted by molar-refractivity contribution is 7.93. The van der Waals surface area contributed by atoms with Gasteiger partial charge in [-0.3, -0.25) is 9.10 Å². The average Bonchev–Trinajstić information content (AvgIpc) is 2.87. The Morgan fingerprint density at radius 1 is 1.29 bits per heavy atom. The first-order valence-electron chi connectivity index (χ1n) is 8.10. The second-order valence-corrected chi connectivity index (χ2v) is 8.25. The van der Waals surface area contributed by atoms with Crippen molar-refractivity contribution >= 4 is 34.0 Å². The molecule has 1 aromatic carbocycles. The van der Waals surface area contributed by atoms with Crippen LogP contribution in [0.4, 0.5) is 5.69 Å². The SMILES string of the molecule is Cc1cc(N2CCCS2(=O)=O)ccc1C(=O)NC1CCNCC1.Cl. The van der Waals surface area contributed by atoms with Crippen molar-refractivity contribution in [2.24, 2.45) is 0 Å². The highest BCUT2D eigenvalue weighted by atomic mass is 35.5. The molecule has 0 saturated carbocycles. The first kappa shape index (κ1) is 19.0. The number of aryl methyl sites for hydroxylation is 1. The van der Waals surface area contributed by atoms with Crippen molar-refractivity contribution in [3.8, 4) is 0 Å². The van der Waals surface area contributed by atoms with Gasteiger partial charge in [0, 0.05) is 18.2 Å². The summed E-state index contributed by atoms with van der Waals surface area (Å²) in [7, 11) is -3.19. The summed E-state index contributed by atoms with van der Waals surface area (Å²) in [6, 6.07) is 5.46. The fraction of sp³-hybridized carbons (Fsp3) is 0.562. The smallest absolute Gasteiger partial charge is 0.251 e. The van der Waals surface area contributed by atoms with E-state index in [1.54, 1.807) is 18.2 Å². The first-order chi connectivity index (χ1) is 11.0. The van der Waals surface area contributed by atoms with E-state index in [4.69, 9.17) is 0 Å². The zero-order valence-corrected chi connectivity index (χ0v) is 15.4. The van der Waals surface area contributed by atoms with E-state index >= 15 is 0 Å². The molecule has 8 heteroatoms. The summed E-state index contributed by atoms with van der Waals surface area (Å²) in [5.74, 6) is 0.120. The minimum absolute atomic E-state index is 0. The Kier molecular flexibility index (Phi) is 6.11. The molecule has 0 bridgehead atoms. The normalized spacial score (nSPS) is 20.5. The molecule has 0 aromatic heterocycles. The van der Waals surface area contributed by atoms with E-state index in [1.165, 1.54) is 4.31 Å². The number of hydrogen-bond acceptors (Lipinski definition) is 4. The summed E-state index contributed by atoms with van der Waals surface area (Å²) in [6.45, 7) is 4.22. The number of carbonyl (C=O) groups is 1. The Labute approximate surface area is 149 Å². The second-order valence-electron chi connectivity index (χ2n) is 6.24. The van der Waals surface area contributed by atoms with Crippen molar-refractivity contribution in [3.05, 3.63) is 29.3 Å². The van der Waals surface area contributed by atoms with Gasteiger partial charge in [0.15, 0.2) is 0 Å². The van der Waals surface area contributed by atoms with Crippen LogP contribution in [0.1, 0.15) is 35.2 Å². The third-order valence-corrected chi connectivity index (χ3v) is 6.39. The van der Waals surface area contributed by atoms with Crippen LogP contribution in [-0.2, 0) is 10.0 Å². The molecule has 0 spiro atoms. The Morgan fingerprint density at radius 2 is 2.00 bits per heavy atom. The summed E-state index contributed by atoms with van der Waals surface area (Å²) in [5, 5.41) is 6.34. The topological polar surface area (TPSA) is 78.5 Å². The molecule has 0 aliphatic carbocycles. The van der Waals surface area contributed by atoms with Crippen LogP contribution >= 0.6 is 12.4 Å². The van der Waals surface area contributed by atoms with E-state index in [-0.39, 0.29) is 30.1 Å². The lowest BCUT2D eigenvalue weighted by Crippen LogP contribution is -2.42. The van der Waals surface area contributed by atoms with Crippen LogP contribution in [-0.4, -0.2) is 45.8 Å². The van der Waals surface area contributed by atoms with Crippen LogP contribution in [0.15, 0.2) is 18.2 Å². The van der Waals surface area contributed by atoms with Crippen molar-refractivity contribution in [1.29, 1.82) is 0 Å². The molecule has 2 aliphatic heterocycles. The zero-order chi connectivity index (χ0) is 16.4. The van der Waals surface area contributed by atoms with Crippen LogP contribution < -0.4 is 14.9 Å². The Bertz CT molecular complexity index is 703. The second kappa shape index (κ2) is 7.72. The average molecular weight is 374 g/mol. The van der Waals surface area contributed by atoms with Crippen molar-refractivity contribution in [2.75, 3.05) is 29.7 Å². The van der Waals surface area contributed by atoms with Gasteiger partial charge in [0.05, 0.1) is 11.4 Å². The number of sulfonamides is 1. The number of nitrogens with one attached hydrogen (secondary N) is 2. The molecule has 1 aromatic rings. The summed E-state index contributed by atoms with van der Waals surface area (Å²) in [6.07, 6.45) is 2.53. The van der Waals surface area contributed by atoms with Crippen LogP contribution in [0.2, 0.25) is 0 Å². The van der Waals surface area contributed by atoms with Gasteiger partial charge >= 0.3 is 0 Å². The standard InChI is InChI=1S/C16H23N3O3S.ClH/c1-12-11-14(19-9-2-10-23(19,21)22)3-4-15(12)16(20)18-13-5-7-17-8-6-13;/h3-4,11,13,17H,2,5-10H2,1H3,(H,18,20);1H. The van der Waals surface area contributed by atoms with Gasteiger partial charge in [-0.05, 0) is 63.0 Å². The Morgan fingerprint density at radius 3 is 2.58 bits per heavy atom. The van der Waals surface area contributed by atoms with E-state index < -0.39 is 10.0 Å². The van der Waals surface area contributed by atoms with E-state index in [1.807, 2.05) is 6.92 Å². The summed E-state index contributed by atoms with van der Waals surface area (Å²) in [4.78, 5) is 12.4. The molecular weight excluding hydrogens is 350 g/mol. The van der Waals surface area contributed by atoms with E-state index in [0.29, 0.717) is 24.2 Å². The van der Waals surface area contributed by atoms with Gasteiger partial charge in [0.25, 0.3) is 5.91 Å². The number of carbonyl (C=O) groups excluding carboxylic acids is 1. The third kappa shape index (κ3) is 4.02. The molecule has 134 valence electrons. The van der Waals surface area contributed by atoms with Gasteiger partial charge in [0.1, 0.15) is 0 Å². The highest BCUT2D eigenvalue weighted by Gasteiger charge is 2.29. The van der Waals surface area contributed by atoms with E-state index in [9.17, 15) is 13.2 Å². The van der Waals surface area contributed by atoms with Crippen LogP contribution in [0, 0.1) is 6.92 Å². The quantitative estimate of drug-likeness (QED) is 0.840.